The fourth-order valence-electron chi connectivity index (χ4n) is 3.27. The number of anilines is 1. The molecule has 4 rings (SSSR count). The topological polar surface area (TPSA) is 62.6 Å². The summed E-state index contributed by atoms with van der Waals surface area (Å²) < 4.78 is 18.9. The predicted octanol–water partition coefficient (Wildman–Crippen LogP) is 4.53. The van der Waals surface area contributed by atoms with Gasteiger partial charge in [-0.05, 0) is 80.2 Å². The molecular weight excluding hydrogens is 403 g/mol. The minimum Gasteiger partial charge on any atom is -0.457 e. The van der Waals surface area contributed by atoms with E-state index in [1.165, 1.54) is 23.1 Å². The first-order valence-electron chi connectivity index (χ1n) is 9.18. The Labute approximate surface area is 177 Å². The van der Waals surface area contributed by atoms with Gasteiger partial charge in [0.2, 0.25) is 0 Å². The van der Waals surface area contributed by atoms with Crippen LogP contribution in [0.1, 0.15) is 16.9 Å². The molecule has 1 saturated heterocycles. The average Bonchev–Trinajstić information content (AvgIpc) is 3.16. The maximum absolute atomic E-state index is 13.1. The van der Waals surface area contributed by atoms with Gasteiger partial charge in [0, 0.05) is 5.56 Å². The normalized spacial score (nSPS) is 15.6. The molecule has 0 saturated carbocycles. The lowest BCUT2D eigenvalue weighted by Gasteiger charge is -2.30. The number of halogens is 1. The van der Waals surface area contributed by atoms with Gasteiger partial charge in [-0.3, -0.25) is 19.8 Å². The Morgan fingerprint density at radius 1 is 1.03 bits per heavy atom. The van der Waals surface area contributed by atoms with Gasteiger partial charge in [0.25, 0.3) is 11.8 Å². The van der Waals surface area contributed by atoms with Crippen molar-refractivity contribution >= 4 is 40.9 Å². The second kappa shape index (κ2) is 7.68. The van der Waals surface area contributed by atoms with Crippen molar-refractivity contribution in [1.82, 2.24) is 5.32 Å². The first-order valence-corrected chi connectivity index (χ1v) is 9.59. The van der Waals surface area contributed by atoms with E-state index in [2.05, 4.69) is 5.32 Å². The predicted molar refractivity (Wildman–Crippen MR) is 116 cm³/mol. The highest BCUT2D eigenvalue weighted by Crippen LogP contribution is 2.28. The van der Waals surface area contributed by atoms with Gasteiger partial charge in [-0.2, -0.15) is 0 Å². The fraction of sp³-hybridized carbons (Fsp3) is 0.0870. The van der Waals surface area contributed by atoms with E-state index in [0.29, 0.717) is 22.8 Å². The number of thiocarbonyl (C=S) groups is 1. The number of amides is 2. The molecule has 2 amide bonds. The fourth-order valence-corrected chi connectivity index (χ4v) is 3.55. The lowest BCUT2D eigenvalue weighted by molar-refractivity contribution is -0.122. The van der Waals surface area contributed by atoms with Crippen molar-refractivity contribution in [2.75, 3.05) is 4.90 Å². The molecule has 5 nitrogen and oxygen atoms in total. The van der Waals surface area contributed by atoms with Crippen LogP contribution in [0.25, 0.3) is 17.4 Å². The molecule has 1 fully saturated rings. The maximum atomic E-state index is 13.1. The van der Waals surface area contributed by atoms with Crippen LogP contribution in [0, 0.1) is 19.7 Å². The van der Waals surface area contributed by atoms with Crippen molar-refractivity contribution in [3.63, 3.8) is 0 Å². The van der Waals surface area contributed by atoms with Crippen LogP contribution in [0.3, 0.4) is 0 Å². The summed E-state index contributed by atoms with van der Waals surface area (Å²) in [5.74, 6) is -0.658. The van der Waals surface area contributed by atoms with Crippen LogP contribution in [0.5, 0.6) is 0 Å². The van der Waals surface area contributed by atoms with Gasteiger partial charge in [-0.15, -0.1) is 0 Å². The second-order valence-electron chi connectivity index (χ2n) is 6.96. The van der Waals surface area contributed by atoms with E-state index in [0.717, 1.165) is 11.1 Å². The monoisotopic (exact) mass is 420 g/mol. The summed E-state index contributed by atoms with van der Waals surface area (Å²) in [6.45, 7) is 3.83. The van der Waals surface area contributed by atoms with E-state index in [1.807, 2.05) is 26.0 Å². The Bertz CT molecular complexity index is 1210. The zero-order chi connectivity index (χ0) is 21.4. The first-order chi connectivity index (χ1) is 14.3. The molecule has 0 radical (unpaired) electrons. The lowest BCUT2D eigenvalue weighted by Crippen LogP contribution is -2.54. The molecule has 2 heterocycles. The summed E-state index contributed by atoms with van der Waals surface area (Å²) in [4.78, 5) is 26.9. The SMILES string of the molecule is Cc1ccc(N2C(=O)/C(=C/c3ccc(-c4ccc(F)cc4)o3)C(=O)NC2=S)c(C)c1. The zero-order valence-electron chi connectivity index (χ0n) is 16.2. The Morgan fingerprint density at radius 3 is 2.47 bits per heavy atom. The highest BCUT2D eigenvalue weighted by Gasteiger charge is 2.35. The van der Waals surface area contributed by atoms with Crippen LogP contribution < -0.4 is 10.2 Å². The standard InChI is InChI=1S/C23H17FN2O3S/c1-13-3-9-19(14(2)11-13)26-22(28)18(21(27)25-23(26)30)12-17-8-10-20(29-17)15-4-6-16(24)7-5-15/h3-12H,1-2H3,(H,25,27,30)/b18-12+. The molecule has 0 aliphatic carbocycles. The third kappa shape index (κ3) is 3.67. The molecule has 2 aromatic carbocycles. The third-order valence-electron chi connectivity index (χ3n) is 4.74. The van der Waals surface area contributed by atoms with Crippen molar-refractivity contribution in [2.45, 2.75) is 13.8 Å². The molecule has 0 unspecified atom stereocenters. The summed E-state index contributed by atoms with van der Waals surface area (Å²) in [5, 5.41) is 2.59. The van der Waals surface area contributed by atoms with Gasteiger partial charge >= 0.3 is 0 Å². The molecule has 1 aromatic heterocycles. The number of benzene rings is 2. The molecule has 3 aromatic rings. The first kappa shape index (κ1) is 19.7. The smallest absolute Gasteiger partial charge is 0.270 e. The molecule has 150 valence electrons. The van der Waals surface area contributed by atoms with Crippen LogP contribution in [0.4, 0.5) is 10.1 Å². The molecular formula is C23H17FN2O3S. The van der Waals surface area contributed by atoms with E-state index in [9.17, 15) is 14.0 Å². The van der Waals surface area contributed by atoms with Gasteiger partial charge in [-0.25, -0.2) is 4.39 Å². The van der Waals surface area contributed by atoms with Gasteiger partial charge in [-0.1, -0.05) is 17.7 Å². The van der Waals surface area contributed by atoms with Gasteiger partial charge in [0.05, 0.1) is 5.69 Å². The van der Waals surface area contributed by atoms with E-state index in [4.69, 9.17) is 16.6 Å². The van der Waals surface area contributed by atoms with Crippen molar-refractivity contribution in [3.05, 3.63) is 82.9 Å². The Kier molecular flexibility index (Phi) is 5.05. The highest BCUT2D eigenvalue weighted by molar-refractivity contribution is 7.80. The van der Waals surface area contributed by atoms with Gasteiger partial charge in [0.1, 0.15) is 22.9 Å². The van der Waals surface area contributed by atoms with E-state index >= 15 is 0 Å². The number of nitrogens with one attached hydrogen (secondary N) is 1. The number of rotatable bonds is 3. The van der Waals surface area contributed by atoms with Crippen LogP contribution in [-0.2, 0) is 9.59 Å². The second-order valence-corrected chi connectivity index (χ2v) is 7.34. The molecule has 30 heavy (non-hydrogen) atoms. The molecule has 0 atom stereocenters. The number of furan rings is 1. The number of nitrogens with zero attached hydrogens (tertiary/aromatic N) is 1. The Hall–Kier alpha value is -3.58. The number of hydrogen-bond acceptors (Lipinski definition) is 4. The summed E-state index contributed by atoms with van der Waals surface area (Å²) in [6.07, 6.45) is 1.38. The molecule has 0 bridgehead atoms. The number of carbonyl (C=O) groups excluding carboxylic acids is 2. The van der Waals surface area contributed by atoms with E-state index < -0.39 is 11.8 Å². The van der Waals surface area contributed by atoms with Crippen molar-refractivity contribution < 1.29 is 18.4 Å². The molecule has 0 spiro atoms. The highest BCUT2D eigenvalue weighted by atomic mass is 32.1. The summed E-state index contributed by atoms with van der Waals surface area (Å²) in [7, 11) is 0. The van der Waals surface area contributed by atoms with E-state index in [-0.39, 0.29) is 16.5 Å². The molecule has 1 N–H and O–H groups in total. The number of hydrogen-bond donors (Lipinski definition) is 1. The largest absolute Gasteiger partial charge is 0.457 e. The summed E-state index contributed by atoms with van der Waals surface area (Å²) in [5.41, 5.74) is 3.10. The van der Waals surface area contributed by atoms with Crippen molar-refractivity contribution in [1.29, 1.82) is 0 Å². The number of aryl methyl sites for hydroxylation is 2. The van der Waals surface area contributed by atoms with Crippen LogP contribution >= 0.6 is 12.2 Å². The van der Waals surface area contributed by atoms with Crippen molar-refractivity contribution in [2.24, 2.45) is 0 Å². The summed E-state index contributed by atoms with van der Waals surface area (Å²) in [6, 6.07) is 14.8. The van der Waals surface area contributed by atoms with Crippen LogP contribution in [0.15, 0.2) is 64.6 Å². The molecule has 7 heteroatoms. The average molecular weight is 420 g/mol. The maximum Gasteiger partial charge on any atom is 0.270 e. The zero-order valence-corrected chi connectivity index (χ0v) is 17.0. The van der Waals surface area contributed by atoms with E-state index in [1.54, 1.807) is 30.3 Å². The molecule has 1 aliphatic rings. The quantitative estimate of drug-likeness (QED) is 0.384. The third-order valence-corrected chi connectivity index (χ3v) is 5.02. The van der Waals surface area contributed by atoms with Gasteiger partial charge in [0.15, 0.2) is 5.11 Å². The Morgan fingerprint density at radius 2 is 1.77 bits per heavy atom. The van der Waals surface area contributed by atoms with Crippen LogP contribution in [0.2, 0.25) is 0 Å². The Balaban J connectivity index is 1.68. The minimum absolute atomic E-state index is 0.0283. The van der Waals surface area contributed by atoms with Crippen LogP contribution in [-0.4, -0.2) is 16.9 Å². The molecule has 1 aliphatic heterocycles. The number of carbonyl (C=O) groups is 2. The van der Waals surface area contributed by atoms with Gasteiger partial charge < -0.3 is 4.42 Å². The summed E-state index contributed by atoms with van der Waals surface area (Å²) >= 11 is 5.24. The minimum atomic E-state index is -0.592. The van der Waals surface area contributed by atoms with Crippen molar-refractivity contribution in [3.8, 4) is 11.3 Å². The lowest BCUT2D eigenvalue weighted by atomic mass is 10.1.